The quantitative estimate of drug-likeness (QED) is 0.709. The molecule has 0 aliphatic carbocycles. The average molecular weight is 329 g/mol. The van der Waals surface area contributed by atoms with Crippen molar-refractivity contribution in [2.75, 3.05) is 11.9 Å². The molecule has 0 unspecified atom stereocenters. The molecule has 2 aromatic carbocycles. The predicted octanol–water partition coefficient (Wildman–Crippen LogP) is 5.09. The molecule has 0 aliphatic heterocycles. The van der Waals surface area contributed by atoms with Gasteiger partial charge in [0.25, 0.3) is 0 Å². The van der Waals surface area contributed by atoms with E-state index in [0.717, 1.165) is 21.4 Å². The topological polar surface area (TPSA) is 3.24 Å². The van der Waals surface area contributed by atoms with E-state index in [0.29, 0.717) is 5.88 Å². The Labute approximate surface area is 119 Å². The Balaban J connectivity index is 2.34. The van der Waals surface area contributed by atoms with Crippen LogP contribution in [0.4, 0.5) is 15.8 Å². The molecule has 0 aromatic heterocycles. The third-order valence-electron chi connectivity index (χ3n) is 2.76. The van der Waals surface area contributed by atoms with Crippen LogP contribution in [-0.2, 0) is 5.88 Å². The van der Waals surface area contributed by atoms with E-state index < -0.39 is 0 Å². The molecule has 0 heterocycles. The first-order valence-electron chi connectivity index (χ1n) is 5.45. The highest BCUT2D eigenvalue weighted by Crippen LogP contribution is 2.29. The molecule has 0 saturated heterocycles. The molecule has 0 saturated carbocycles. The van der Waals surface area contributed by atoms with Gasteiger partial charge in [0, 0.05) is 28.8 Å². The van der Waals surface area contributed by atoms with Gasteiger partial charge in [-0.1, -0.05) is 28.1 Å². The van der Waals surface area contributed by atoms with Crippen LogP contribution in [0.2, 0.25) is 0 Å². The number of hydrogen-bond donors (Lipinski definition) is 0. The molecule has 0 fully saturated rings. The summed E-state index contributed by atoms with van der Waals surface area (Å²) in [6, 6.07) is 12.4. The summed E-state index contributed by atoms with van der Waals surface area (Å²) in [7, 11) is 1.90. The average Bonchev–Trinajstić information content (AvgIpc) is 2.37. The lowest BCUT2D eigenvalue weighted by Gasteiger charge is -2.20. The molecule has 1 nitrogen and oxygen atoms in total. The highest BCUT2D eigenvalue weighted by atomic mass is 79.9. The summed E-state index contributed by atoms with van der Waals surface area (Å²) >= 11 is 9.29. The van der Waals surface area contributed by atoms with E-state index in [9.17, 15) is 4.39 Å². The van der Waals surface area contributed by atoms with Gasteiger partial charge in [0.05, 0.1) is 0 Å². The van der Waals surface area contributed by atoms with Crippen molar-refractivity contribution < 1.29 is 4.39 Å². The summed E-state index contributed by atoms with van der Waals surface area (Å²) in [6.07, 6.45) is 0. The Morgan fingerprint density at radius 1 is 1.17 bits per heavy atom. The van der Waals surface area contributed by atoms with Crippen LogP contribution in [0.1, 0.15) is 5.56 Å². The van der Waals surface area contributed by atoms with Gasteiger partial charge in [0.1, 0.15) is 5.82 Å². The van der Waals surface area contributed by atoms with E-state index in [1.165, 1.54) is 12.1 Å². The monoisotopic (exact) mass is 327 g/mol. The molecule has 0 radical (unpaired) electrons. The molecule has 18 heavy (non-hydrogen) atoms. The third-order valence-corrected chi connectivity index (χ3v) is 3.79. The van der Waals surface area contributed by atoms with Crippen molar-refractivity contribution in [2.45, 2.75) is 5.88 Å². The second kappa shape index (κ2) is 5.72. The molecular formula is C14H12BrClFN. The van der Waals surface area contributed by atoms with Crippen LogP contribution in [0, 0.1) is 5.82 Å². The minimum absolute atomic E-state index is 0.240. The smallest absolute Gasteiger partial charge is 0.125 e. The summed E-state index contributed by atoms with van der Waals surface area (Å²) in [6.45, 7) is 0. The fourth-order valence-corrected chi connectivity index (χ4v) is 2.59. The van der Waals surface area contributed by atoms with Crippen molar-refractivity contribution >= 4 is 38.9 Å². The van der Waals surface area contributed by atoms with Gasteiger partial charge in [-0.25, -0.2) is 4.39 Å². The van der Waals surface area contributed by atoms with Gasteiger partial charge >= 0.3 is 0 Å². The van der Waals surface area contributed by atoms with E-state index in [-0.39, 0.29) is 5.82 Å². The van der Waals surface area contributed by atoms with Crippen molar-refractivity contribution in [1.29, 1.82) is 0 Å². The van der Waals surface area contributed by atoms with Crippen LogP contribution < -0.4 is 4.90 Å². The first kappa shape index (κ1) is 13.4. The van der Waals surface area contributed by atoms with Crippen LogP contribution in [0.5, 0.6) is 0 Å². The molecule has 2 rings (SSSR count). The first-order chi connectivity index (χ1) is 8.61. The highest BCUT2D eigenvalue weighted by molar-refractivity contribution is 9.10. The van der Waals surface area contributed by atoms with Gasteiger partial charge in [0.15, 0.2) is 0 Å². The van der Waals surface area contributed by atoms with Gasteiger partial charge in [-0.05, 0) is 35.9 Å². The molecule has 94 valence electrons. The Morgan fingerprint density at radius 3 is 2.50 bits per heavy atom. The Kier molecular flexibility index (Phi) is 4.25. The van der Waals surface area contributed by atoms with Crippen molar-refractivity contribution in [3.8, 4) is 0 Å². The zero-order chi connectivity index (χ0) is 13.1. The Hall–Kier alpha value is -1.06. The first-order valence-corrected chi connectivity index (χ1v) is 6.78. The van der Waals surface area contributed by atoms with E-state index in [4.69, 9.17) is 11.6 Å². The lowest BCUT2D eigenvalue weighted by molar-refractivity contribution is 0.628. The Morgan fingerprint density at radius 2 is 1.89 bits per heavy atom. The predicted molar refractivity (Wildman–Crippen MR) is 78.2 cm³/mol. The van der Waals surface area contributed by atoms with Crippen molar-refractivity contribution in [3.63, 3.8) is 0 Å². The lowest BCUT2D eigenvalue weighted by Crippen LogP contribution is -2.09. The molecule has 2 aromatic rings. The normalized spacial score (nSPS) is 10.4. The number of alkyl halides is 1. The standard InChI is InChI=1S/C14H12BrClFN/c1-18(12-4-2-3-11(17)7-12)13-6-5-10(9-16)14(15)8-13/h2-8H,9H2,1H3. The molecule has 0 bridgehead atoms. The highest BCUT2D eigenvalue weighted by Gasteiger charge is 2.07. The van der Waals surface area contributed by atoms with E-state index >= 15 is 0 Å². The number of halogens is 3. The molecule has 0 atom stereocenters. The number of hydrogen-bond acceptors (Lipinski definition) is 1. The summed E-state index contributed by atoms with van der Waals surface area (Å²) < 4.78 is 14.1. The summed E-state index contributed by atoms with van der Waals surface area (Å²) in [5.74, 6) is 0.223. The molecule has 0 aliphatic rings. The van der Waals surface area contributed by atoms with Crippen molar-refractivity contribution in [3.05, 3.63) is 58.3 Å². The van der Waals surface area contributed by atoms with Gasteiger partial charge in [-0.3, -0.25) is 0 Å². The minimum atomic E-state index is -0.240. The van der Waals surface area contributed by atoms with Crippen LogP contribution in [0.3, 0.4) is 0 Å². The lowest BCUT2D eigenvalue weighted by atomic mass is 10.2. The SMILES string of the molecule is CN(c1cccc(F)c1)c1ccc(CCl)c(Br)c1. The van der Waals surface area contributed by atoms with Gasteiger partial charge in [-0.2, -0.15) is 0 Å². The third kappa shape index (κ3) is 2.85. The summed E-state index contributed by atoms with van der Waals surface area (Å²) in [5.41, 5.74) is 2.81. The molecule has 0 N–H and O–H groups in total. The summed E-state index contributed by atoms with van der Waals surface area (Å²) in [5, 5.41) is 0. The number of anilines is 2. The number of benzene rings is 2. The number of nitrogens with zero attached hydrogens (tertiary/aromatic N) is 1. The summed E-state index contributed by atoms with van der Waals surface area (Å²) in [4.78, 5) is 1.92. The molecule has 4 heteroatoms. The Bertz CT molecular complexity index is 559. The number of rotatable bonds is 3. The minimum Gasteiger partial charge on any atom is -0.345 e. The molecular weight excluding hydrogens is 317 g/mol. The van der Waals surface area contributed by atoms with Gasteiger partial charge in [0.2, 0.25) is 0 Å². The zero-order valence-corrected chi connectivity index (χ0v) is 12.2. The maximum Gasteiger partial charge on any atom is 0.125 e. The van der Waals surface area contributed by atoms with E-state index in [1.54, 1.807) is 6.07 Å². The second-order valence-electron chi connectivity index (χ2n) is 3.95. The molecule has 0 spiro atoms. The van der Waals surface area contributed by atoms with Crippen LogP contribution in [0.15, 0.2) is 46.9 Å². The fraction of sp³-hybridized carbons (Fsp3) is 0.143. The molecule has 0 amide bonds. The van der Waals surface area contributed by atoms with E-state index in [2.05, 4.69) is 15.9 Å². The maximum atomic E-state index is 13.2. The van der Waals surface area contributed by atoms with Crippen molar-refractivity contribution in [1.82, 2.24) is 0 Å². The van der Waals surface area contributed by atoms with E-state index in [1.807, 2.05) is 36.2 Å². The van der Waals surface area contributed by atoms with Crippen LogP contribution >= 0.6 is 27.5 Å². The zero-order valence-electron chi connectivity index (χ0n) is 9.83. The van der Waals surface area contributed by atoms with Gasteiger partial charge < -0.3 is 4.90 Å². The van der Waals surface area contributed by atoms with Crippen LogP contribution in [-0.4, -0.2) is 7.05 Å². The van der Waals surface area contributed by atoms with Gasteiger partial charge in [-0.15, -0.1) is 11.6 Å². The maximum absolute atomic E-state index is 13.2. The fourth-order valence-electron chi connectivity index (χ4n) is 1.69. The van der Waals surface area contributed by atoms with Crippen molar-refractivity contribution in [2.24, 2.45) is 0 Å². The second-order valence-corrected chi connectivity index (χ2v) is 5.07. The van der Waals surface area contributed by atoms with Crippen LogP contribution in [0.25, 0.3) is 0 Å². The largest absolute Gasteiger partial charge is 0.345 e.